The molecular weight excluding hydrogens is 230 g/mol. The maximum atomic E-state index is 11.7. The van der Waals surface area contributed by atoms with Crippen LogP contribution in [-0.4, -0.2) is 34.9 Å². The molecule has 0 unspecified atom stereocenters. The molecule has 0 aromatic heterocycles. The van der Waals surface area contributed by atoms with Crippen molar-refractivity contribution in [2.75, 3.05) is 6.54 Å². The average Bonchev–Trinajstić information content (AvgIpc) is 2.73. The summed E-state index contributed by atoms with van der Waals surface area (Å²) in [5, 5.41) is 9.85. The van der Waals surface area contributed by atoms with Crippen LogP contribution in [-0.2, 0) is 11.3 Å². The normalized spacial score (nSPS) is 20.9. The molecule has 0 saturated carbocycles. The molecule has 4 heteroatoms. The van der Waals surface area contributed by atoms with Crippen molar-refractivity contribution in [3.63, 3.8) is 0 Å². The Morgan fingerprint density at radius 2 is 2.17 bits per heavy atom. The van der Waals surface area contributed by atoms with Gasteiger partial charge in [0.2, 0.25) is 0 Å². The van der Waals surface area contributed by atoms with Gasteiger partial charge in [-0.25, -0.2) is 4.79 Å². The van der Waals surface area contributed by atoms with E-state index < -0.39 is 6.10 Å². The third-order valence-electron chi connectivity index (χ3n) is 3.14. The number of hydrogen-bond donors (Lipinski definition) is 1. The van der Waals surface area contributed by atoms with Crippen LogP contribution < -0.4 is 0 Å². The van der Waals surface area contributed by atoms with E-state index in [0.29, 0.717) is 19.5 Å². The van der Waals surface area contributed by atoms with E-state index in [1.54, 1.807) is 4.90 Å². The molecule has 1 aromatic carbocycles. The van der Waals surface area contributed by atoms with Crippen LogP contribution in [0.25, 0.3) is 0 Å². The van der Waals surface area contributed by atoms with Gasteiger partial charge >= 0.3 is 6.09 Å². The van der Waals surface area contributed by atoms with Gasteiger partial charge in [-0.15, -0.1) is 0 Å². The highest BCUT2D eigenvalue weighted by Crippen LogP contribution is 2.19. The molecule has 1 fully saturated rings. The van der Waals surface area contributed by atoms with Crippen molar-refractivity contribution in [3.8, 4) is 0 Å². The smallest absolute Gasteiger partial charge is 0.410 e. The second-order valence-corrected chi connectivity index (χ2v) is 4.64. The standard InChI is InChI=1S/C14H19NO3/c1-2-6-12(16)13-10-15(14(17)18-13)9-11-7-4-3-5-8-11/h3-5,7-8,12-13,16H,2,6,9-10H2,1H3/t12-,13-/m0/s1. The lowest BCUT2D eigenvalue weighted by molar-refractivity contribution is 0.0276. The molecule has 0 spiro atoms. The molecule has 1 aromatic rings. The predicted molar refractivity (Wildman–Crippen MR) is 68.0 cm³/mol. The van der Waals surface area contributed by atoms with E-state index in [9.17, 15) is 9.90 Å². The predicted octanol–water partition coefficient (Wildman–Crippen LogP) is 2.17. The zero-order valence-corrected chi connectivity index (χ0v) is 10.6. The minimum Gasteiger partial charge on any atom is -0.441 e. The number of aliphatic hydroxyl groups excluding tert-OH is 1. The van der Waals surface area contributed by atoms with Crippen molar-refractivity contribution in [1.82, 2.24) is 4.90 Å². The summed E-state index contributed by atoms with van der Waals surface area (Å²) in [6.07, 6.45) is 0.269. The van der Waals surface area contributed by atoms with Crippen molar-refractivity contribution in [2.45, 2.75) is 38.5 Å². The third-order valence-corrected chi connectivity index (χ3v) is 3.14. The van der Waals surface area contributed by atoms with Crippen molar-refractivity contribution in [1.29, 1.82) is 0 Å². The first kappa shape index (κ1) is 12.9. The molecule has 4 nitrogen and oxygen atoms in total. The van der Waals surface area contributed by atoms with Gasteiger partial charge in [0.15, 0.2) is 0 Å². The van der Waals surface area contributed by atoms with Crippen LogP contribution in [0.5, 0.6) is 0 Å². The van der Waals surface area contributed by atoms with Crippen LogP contribution in [0.1, 0.15) is 25.3 Å². The average molecular weight is 249 g/mol. The number of ether oxygens (including phenoxy) is 1. The second kappa shape index (κ2) is 5.87. The molecule has 1 N–H and O–H groups in total. The Labute approximate surface area is 107 Å². The zero-order chi connectivity index (χ0) is 13.0. The first-order chi connectivity index (χ1) is 8.70. The third kappa shape index (κ3) is 3.01. The number of carbonyl (C=O) groups is 1. The van der Waals surface area contributed by atoms with Crippen LogP contribution in [0, 0.1) is 0 Å². The van der Waals surface area contributed by atoms with Gasteiger partial charge < -0.3 is 14.7 Å². The Hall–Kier alpha value is -1.55. The Balaban J connectivity index is 1.93. The van der Waals surface area contributed by atoms with E-state index in [1.807, 2.05) is 37.3 Å². The fourth-order valence-electron chi connectivity index (χ4n) is 2.15. The largest absolute Gasteiger partial charge is 0.441 e. The van der Waals surface area contributed by atoms with E-state index in [-0.39, 0.29) is 12.2 Å². The highest BCUT2D eigenvalue weighted by atomic mass is 16.6. The van der Waals surface area contributed by atoms with Crippen LogP contribution in [0.15, 0.2) is 30.3 Å². The summed E-state index contributed by atoms with van der Waals surface area (Å²) in [7, 11) is 0. The van der Waals surface area contributed by atoms with Crippen LogP contribution in [0.2, 0.25) is 0 Å². The molecule has 1 amide bonds. The number of carbonyl (C=O) groups excluding carboxylic acids is 1. The van der Waals surface area contributed by atoms with Gasteiger partial charge in [0.05, 0.1) is 12.6 Å². The van der Waals surface area contributed by atoms with E-state index in [4.69, 9.17) is 4.74 Å². The van der Waals surface area contributed by atoms with Crippen LogP contribution >= 0.6 is 0 Å². The monoisotopic (exact) mass is 249 g/mol. The fourth-order valence-corrected chi connectivity index (χ4v) is 2.15. The summed E-state index contributed by atoms with van der Waals surface area (Å²) in [5.41, 5.74) is 1.07. The zero-order valence-electron chi connectivity index (χ0n) is 10.6. The summed E-state index contributed by atoms with van der Waals surface area (Å²) in [6.45, 7) is 3.01. The SMILES string of the molecule is CCC[C@H](O)[C@@H]1CN(Cc2ccccc2)C(=O)O1. The summed E-state index contributed by atoms with van der Waals surface area (Å²) in [5.74, 6) is 0. The van der Waals surface area contributed by atoms with Crippen molar-refractivity contribution in [2.24, 2.45) is 0 Å². The molecule has 0 aliphatic carbocycles. The highest BCUT2D eigenvalue weighted by molar-refractivity contribution is 5.70. The Morgan fingerprint density at radius 1 is 1.44 bits per heavy atom. The Morgan fingerprint density at radius 3 is 2.83 bits per heavy atom. The summed E-state index contributed by atoms with van der Waals surface area (Å²) < 4.78 is 5.20. The second-order valence-electron chi connectivity index (χ2n) is 4.64. The molecule has 1 heterocycles. The number of amides is 1. The molecule has 1 aliphatic heterocycles. The van der Waals surface area contributed by atoms with Crippen molar-refractivity contribution >= 4 is 6.09 Å². The Kier molecular flexibility index (Phi) is 4.20. The number of nitrogens with zero attached hydrogens (tertiary/aromatic N) is 1. The minimum absolute atomic E-state index is 0.334. The summed E-state index contributed by atoms with van der Waals surface area (Å²) in [6, 6.07) is 9.78. The van der Waals surface area contributed by atoms with Crippen molar-refractivity contribution in [3.05, 3.63) is 35.9 Å². The van der Waals surface area contributed by atoms with Crippen LogP contribution in [0.4, 0.5) is 4.79 Å². The van der Waals surface area contributed by atoms with E-state index in [0.717, 1.165) is 12.0 Å². The van der Waals surface area contributed by atoms with Gasteiger partial charge in [-0.3, -0.25) is 0 Å². The molecule has 18 heavy (non-hydrogen) atoms. The number of hydrogen-bond acceptors (Lipinski definition) is 3. The lowest BCUT2D eigenvalue weighted by atomic mass is 10.1. The number of rotatable bonds is 5. The maximum Gasteiger partial charge on any atom is 0.410 e. The molecule has 2 atom stereocenters. The summed E-state index contributed by atoms with van der Waals surface area (Å²) >= 11 is 0. The van der Waals surface area contributed by atoms with Gasteiger partial charge in [0.1, 0.15) is 6.10 Å². The number of cyclic esters (lactones) is 1. The molecule has 98 valence electrons. The lowest BCUT2D eigenvalue weighted by Gasteiger charge is -2.15. The fraction of sp³-hybridized carbons (Fsp3) is 0.500. The van der Waals surface area contributed by atoms with Gasteiger partial charge in [-0.1, -0.05) is 43.7 Å². The first-order valence-electron chi connectivity index (χ1n) is 6.38. The maximum absolute atomic E-state index is 11.7. The number of aliphatic hydroxyl groups is 1. The van der Waals surface area contributed by atoms with E-state index in [1.165, 1.54) is 0 Å². The van der Waals surface area contributed by atoms with Crippen LogP contribution in [0.3, 0.4) is 0 Å². The molecular formula is C14H19NO3. The van der Waals surface area contributed by atoms with Gasteiger partial charge in [0.25, 0.3) is 0 Å². The molecule has 1 aliphatic rings. The quantitative estimate of drug-likeness (QED) is 0.870. The lowest BCUT2D eigenvalue weighted by Crippen LogP contribution is -2.30. The minimum atomic E-state index is -0.556. The van der Waals surface area contributed by atoms with Crippen molar-refractivity contribution < 1.29 is 14.6 Å². The highest BCUT2D eigenvalue weighted by Gasteiger charge is 2.35. The molecule has 0 bridgehead atoms. The van der Waals surface area contributed by atoms with Gasteiger partial charge in [-0.2, -0.15) is 0 Å². The molecule has 2 rings (SSSR count). The first-order valence-corrected chi connectivity index (χ1v) is 6.38. The Bertz CT molecular complexity index is 393. The number of benzene rings is 1. The van der Waals surface area contributed by atoms with E-state index in [2.05, 4.69) is 0 Å². The molecule has 0 radical (unpaired) electrons. The van der Waals surface area contributed by atoms with E-state index >= 15 is 0 Å². The topological polar surface area (TPSA) is 49.8 Å². The van der Waals surface area contributed by atoms with Gasteiger partial charge in [-0.05, 0) is 12.0 Å². The molecule has 1 saturated heterocycles. The summed E-state index contributed by atoms with van der Waals surface area (Å²) in [4.78, 5) is 13.3. The van der Waals surface area contributed by atoms with Gasteiger partial charge in [0, 0.05) is 6.54 Å².